The molecule has 4 heteroatoms. The molecule has 0 fully saturated rings. The van der Waals surface area contributed by atoms with Crippen LogP contribution in [0.3, 0.4) is 0 Å². The summed E-state index contributed by atoms with van der Waals surface area (Å²) < 4.78 is 5.06. The van der Waals surface area contributed by atoms with Gasteiger partial charge in [-0.3, -0.25) is 0 Å². The first kappa shape index (κ1) is 14.1. The van der Waals surface area contributed by atoms with Gasteiger partial charge in [0.2, 0.25) is 5.88 Å². The molecule has 1 atom stereocenters. The van der Waals surface area contributed by atoms with E-state index in [0.717, 1.165) is 12.2 Å². The zero-order valence-electron chi connectivity index (χ0n) is 11.0. The highest BCUT2D eigenvalue weighted by molar-refractivity contribution is 6.20. The number of rotatable bonds is 5. The van der Waals surface area contributed by atoms with Gasteiger partial charge in [0.25, 0.3) is 0 Å². The van der Waals surface area contributed by atoms with Gasteiger partial charge >= 0.3 is 0 Å². The average Bonchev–Trinajstić information content (AvgIpc) is 2.24. The van der Waals surface area contributed by atoms with Gasteiger partial charge in [-0.05, 0) is 17.9 Å². The molecule has 0 amide bonds. The van der Waals surface area contributed by atoms with Gasteiger partial charge in [-0.15, -0.1) is 11.6 Å². The fourth-order valence-corrected chi connectivity index (χ4v) is 2.12. The van der Waals surface area contributed by atoms with Gasteiger partial charge in [0.1, 0.15) is 5.82 Å². The normalized spacial score (nSPS) is 13.2. The smallest absolute Gasteiger partial charge is 0.214 e. The van der Waals surface area contributed by atoms with E-state index in [1.807, 2.05) is 18.2 Å². The third-order valence-corrected chi connectivity index (χ3v) is 2.58. The molecule has 1 unspecified atom stereocenters. The second kappa shape index (κ2) is 6.10. The van der Waals surface area contributed by atoms with Gasteiger partial charge in [-0.2, -0.15) is 4.98 Å². The molecule has 3 nitrogen and oxygen atoms in total. The van der Waals surface area contributed by atoms with Gasteiger partial charge < -0.3 is 10.1 Å². The highest BCUT2D eigenvalue weighted by Crippen LogP contribution is 2.23. The van der Waals surface area contributed by atoms with Gasteiger partial charge in [0, 0.05) is 12.6 Å². The molecule has 0 saturated carbocycles. The maximum absolute atomic E-state index is 6.27. The summed E-state index contributed by atoms with van der Waals surface area (Å²) >= 11 is 6.27. The number of alkyl halides is 1. The lowest BCUT2D eigenvalue weighted by Gasteiger charge is -2.22. The fraction of sp³-hybridized carbons (Fsp3) is 0.615. The summed E-state index contributed by atoms with van der Waals surface area (Å²) in [4.78, 5) is 4.27. The predicted molar refractivity (Wildman–Crippen MR) is 73.0 cm³/mol. The largest absolute Gasteiger partial charge is 0.481 e. The van der Waals surface area contributed by atoms with E-state index in [-0.39, 0.29) is 10.8 Å². The van der Waals surface area contributed by atoms with E-state index < -0.39 is 0 Å². The summed E-state index contributed by atoms with van der Waals surface area (Å²) in [5.41, 5.74) is 0.246. The van der Waals surface area contributed by atoms with Crippen molar-refractivity contribution in [2.45, 2.75) is 32.6 Å². The number of methoxy groups -OCH3 is 1. The molecule has 0 bridgehead atoms. The molecule has 0 aromatic carbocycles. The van der Waals surface area contributed by atoms with E-state index in [1.54, 1.807) is 7.11 Å². The van der Waals surface area contributed by atoms with Gasteiger partial charge in [-0.1, -0.05) is 26.8 Å². The number of nitrogens with zero attached hydrogens (tertiary/aromatic N) is 1. The molecule has 0 radical (unpaired) electrons. The Kier molecular flexibility index (Phi) is 5.06. The number of hydrogen-bond acceptors (Lipinski definition) is 3. The van der Waals surface area contributed by atoms with Crippen molar-refractivity contribution >= 4 is 17.4 Å². The van der Waals surface area contributed by atoms with Crippen molar-refractivity contribution in [1.82, 2.24) is 4.98 Å². The monoisotopic (exact) mass is 256 g/mol. The SMILES string of the molecule is COc1cccc(NCC(Cl)CC(C)(C)C)n1. The van der Waals surface area contributed by atoms with E-state index in [4.69, 9.17) is 16.3 Å². The summed E-state index contributed by atoms with van der Waals surface area (Å²) in [6.07, 6.45) is 0.964. The lowest BCUT2D eigenvalue weighted by atomic mass is 9.90. The highest BCUT2D eigenvalue weighted by atomic mass is 35.5. The standard InChI is InChI=1S/C13H21ClN2O/c1-13(2,3)8-10(14)9-15-11-6-5-7-12(16-11)17-4/h5-7,10H,8-9H2,1-4H3,(H,15,16). The summed E-state index contributed by atoms with van der Waals surface area (Å²) in [5.74, 6) is 1.40. The summed E-state index contributed by atoms with van der Waals surface area (Å²) in [5, 5.41) is 3.32. The molecular formula is C13H21ClN2O. The molecule has 1 aromatic heterocycles. The van der Waals surface area contributed by atoms with E-state index in [1.165, 1.54) is 0 Å². The van der Waals surface area contributed by atoms with Crippen LogP contribution >= 0.6 is 11.6 Å². The van der Waals surface area contributed by atoms with Gasteiger partial charge in [0.05, 0.1) is 12.5 Å². The Morgan fingerprint density at radius 3 is 2.71 bits per heavy atom. The zero-order valence-corrected chi connectivity index (χ0v) is 11.7. The van der Waals surface area contributed by atoms with Gasteiger partial charge in [-0.25, -0.2) is 0 Å². The summed E-state index contributed by atoms with van der Waals surface area (Å²) in [7, 11) is 1.61. The number of hydrogen-bond donors (Lipinski definition) is 1. The molecule has 1 aromatic rings. The Morgan fingerprint density at radius 2 is 2.12 bits per heavy atom. The molecule has 0 saturated heterocycles. The molecule has 1 heterocycles. The van der Waals surface area contributed by atoms with Crippen LogP contribution in [-0.4, -0.2) is 24.0 Å². The minimum absolute atomic E-state index is 0.100. The molecule has 0 aliphatic carbocycles. The van der Waals surface area contributed by atoms with Crippen LogP contribution in [0.15, 0.2) is 18.2 Å². The van der Waals surface area contributed by atoms with Crippen molar-refractivity contribution in [3.63, 3.8) is 0 Å². The Labute approximate surface area is 109 Å². The van der Waals surface area contributed by atoms with E-state index in [0.29, 0.717) is 12.4 Å². The Morgan fingerprint density at radius 1 is 1.41 bits per heavy atom. The maximum Gasteiger partial charge on any atom is 0.214 e. The van der Waals surface area contributed by atoms with Crippen LogP contribution < -0.4 is 10.1 Å². The highest BCUT2D eigenvalue weighted by Gasteiger charge is 2.16. The minimum Gasteiger partial charge on any atom is -0.481 e. The molecule has 0 spiro atoms. The second-order valence-electron chi connectivity index (χ2n) is 5.31. The van der Waals surface area contributed by atoms with Crippen molar-refractivity contribution < 1.29 is 4.74 Å². The molecule has 0 aliphatic heterocycles. The first-order chi connectivity index (χ1) is 7.90. The number of halogens is 1. The quantitative estimate of drug-likeness (QED) is 0.819. The van der Waals surface area contributed by atoms with Crippen LogP contribution in [0.1, 0.15) is 27.2 Å². The van der Waals surface area contributed by atoms with Crippen LogP contribution in [0, 0.1) is 5.41 Å². The van der Waals surface area contributed by atoms with E-state index >= 15 is 0 Å². The van der Waals surface area contributed by atoms with Crippen molar-refractivity contribution in [3.8, 4) is 5.88 Å². The van der Waals surface area contributed by atoms with Crippen LogP contribution in [0.2, 0.25) is 0 Å². The lowest BCUT2D eigenvalue weighted by molar-refractivity contribution is 0.373. The number of aromatic nitrogens is 1. The fourth-order valence-electron chi connectivity index (χ4n) is 1.58. The Balaban J connectivity index is 2.44. The number of ether oxygens (including phenoxy) is 1. The lowest BCUT2D eigenvalue weighted by Crippen LogP contribution is -2.21. The van der Waals surface area contributed by atoms with E-state index in [9.17, 15) is 0 Å². The average molecular weight is 257 g/mol. The van der Waals surface area contributed by atoms with Gasteiger partial charge in [0.15, 0.2) is 0 Å². The van der Waals surface area contributed by atoms with E-state index in [2.05, 4.69) is 31.1 Å². The van der Waals surface area contributed by atoms with Crippen LogP contribution in [0.5, 0.6) is 5.88 Å². The third-order valence-electron chi connectivity index (χ3n) is 2.27. The maximum atomic E-state index is 6.27. The Bertz CT molecular complexity index is 350. The van der Waals surface area contributed by atoms with Crippen LogP contribution in [-0.2, 0) is 0 Å². The summed E-state index contributed by atoms with van der Waals surface area (Å²) in [6, 6.07) is 5.63. The molecule has 96 valence electrons. The molecule has 0 aliphatic rings. The topological polar surface area (TPSA) is 34.1 Å². The first-order valence-corrected chi connectivity index (χ1v) is 6.23. The van der Waals surface area contributed by atoms with Crippen molar-refractivity contribution in [1.29, 1.82) is 0 Å². The predicted octanol–water partition coefficient (Wildman–Crippen LogP) is 3.55. The first-order valence-electron chi connectivity index (χ1n) is 5.80. The molecular weight excluding hydrogens is 236 g/mol. The Hall–Kier alpha value is -0.960. The van der Waals surface area contributed by atoms with Crippen molar-refractivity contribution in [2.75, 3.05) is 19.0 Å². The third kappa shape index (κ3) is 5.78. The molecule has 17 heavy (non-hydrogen) atoms. The number of anilines is 1. The van der Waals surface area contributed by atoms with Crippen LogP contribution in [0.4, 0.5) is 5.82 Å². The number of nitrogens with one attached hydrogen (secondary N) is 1. The molecule has 1 rings (SSSR count). The van der Waals surface area contributed by atoms with Crippen LogP contribution in [0.25, 0.3) is 0 Å². The van der Waals surface area contributed by atoms with Crippen molar-refractivity contribution in [2.24, 2.45) is 5.41 Å². The minimum atomic E-state index is 0.100. The number of pyridine rings is 1. The summed E-state index contributed by atoms with van der Waals surface area (Å²) in [6.45, 7) is 7.27. The zero-order chi connectivity index (χ0) is 12.9. The molecule has 1 N–H and O–H groups in total. The van der Waals surface area contributed by atoms with Crippen molar-refractivity contribution in [3.05, 3.63) is 18.2 Å². The second-order valence-corrected chi connectivity index (χ2v) is 5.93.